The molecule has 182 valence electrons. The molecule has 4 N–H and O–H groups in total. The Morgan fingerprint density at radius 3 is 1.38 bits per heavy atom. The highest BCUT2D eigenvalue weighted by Gasteiger charge is 2.31. The molecule has 0 aliphatic carbocycles. The third kappa shape index (κ3) is 8.89. The Morgan fingerprint density at radius 1 is 0.500 bits per heavy atom. The fourth-order valence-electron chi connectivity index (χ4n) is 5.25. The second-order valence-electron chi connectivity index (χ2n) is 10.2. The molecule has 2 heteroatoms. The van der Waals surface area contributed by atoms with Crippen LogP contribution in [0.1, 0.15) is 81.4 Å². The van der Waals surface area contributed by atoms with Crippen molar-refractivity contribution in [3.8, 4) is 0 Å². The lowest BCUT2D eigenvalue weighted by Crippen LogP contribution is -2.30. The number of hydrogen-bond donors (Lipinski definition) is 2. The molecule has 0 saturated carbocycles. The number of rotatable bonds is 15. The molecule has 0 heterocycles. The van der Waals surface area contributed by atoms with Gasteiger partial charge in [0.1, 0.15) is 0 Å². The van der Waals surface area contributed by atoms with Gasteiger partial charge in [0.05, 0.1) is 0 Å². The van der Waals surface area contributed by atoms with E-state index in [0.29, 0.717) is 0 Å². The van der Waals surface area contributed by atoms with Crippen LogP contribution in [0, 0.1) is 5.41 Å². The van der Waals surface area contributed by atoms with Crippen molar-refractivity contribution in [1.29, 1.82) is 0 Å². The van der Waals surface area contributed by atoms with E-state index >= 15 is 0 Å². The molecule has 3 aromatic carbocycles. The zero-order valence-corrected chi connectivity index (χ0v) is 21.1. The molecule has 0 unspecified atom stereocenters. The second kappa shape index (κ2) is 13.8. The van der Waals surface area contributed by atoms with Gasteiger partial charge in [-0.25, -0.2) is 0 Å². The van der Waals surface area contributed by atoms with Crippen LogP contribution in [-0.4, -0.2) is 0 Å². The van der Waals surface area contributed by atoms with E-state index < -0.39 is 0 Å². The Balaban J connectivity index is 1.78. The van der Waals surface area contributed by atoms with E-state index in [1.54, 1.807) is 0 Å². The van der Waals surface area contributed by atoms with Crippen molar-refractivity contribution in [3.05, 3.63) is 95.6 Å². The molecule has 0 aromatic heterocycles. The Morgan fingerprint density at radius 2 is 0.912 bits per heavy atom. The predicted molar refractivity (Wildman–Crippen MR) is 149 cm³/mol. The number of hydrogen-bond acceptors (Lipinski definition) is 2. The molecule has 0 atom stereocenters. The standard InChI is InChI=1S/C32H44N2/c1-2-3-4-5-6-7-8-12-23-32(24-27-13-10-9-11-14-27,25-28-15-19-30(33)20-16-28)26-29-17-21-31(34)22-18-29/h9-11,13-22H,2-8,12,23-26,33-34H2,1H3. The Hall–Kier alpha value is -2.74. The summed E-state index contributed by atoms with van der Waals surface area (Å²) in [6.45, 7) is 2.29. The van der Waals surface area contributed by atoms with E-state index in [4.69, 9.17) is 11.5 Å². The molecular formula is C32H44N2. The van der Waals surface area contributed by atoms with Crippen LogP contribution in [0.15, 0.2) is 78.9 Å². The third-order valence-electron chi connectivity index (χ3n) is 7.10. The average molecular weight is 457 g/mol. The van der Waals surface area contributed by atoms with Crippen molar-refractivity contribution < 1.29 is 0 Å². The highest BCUT2D eigenvalue weighted by atomic mass is 14.5. The zero-order valence-electron chi connectivity index (χ0n) is 21.1. The molecule has 0 spiro atoms. The van der Waals surface area contributed by atoms with Gasteiger partial charge in [0, 0.05) is 11.4 Å². The van der Waals surface area contributed by atoms with Gasteiger partial charge in [0.2, 0.25) is 0 Å². The SMILES string of the molecule is CCCCCCCCCCC(Cc1ccccc1)(Cc1ccc(N)cc1)Cc1ccc(N)cc1. The maximum atomic E-state index is 6.00. The molecule has 3 rings (SSSR count). The molecule has 3 aromatic rings. The molecule has 0 aliphatic rings. The lowest BCUT2D eigenvalue weighted by atomic mass is 9.69. The van der Waals surface area contributed by atoms with E-state index in [-0.39, 0.29) is 5.41 Å². The smallest absolute Gasteiger partial charge is 0.0314 e. The van der Waals surface area contributed by atoms with Crippen LogP contribution in [-0.2, 0) is 19.3 Å². The Kier molecular flexibility index (Phi) is 10.5. The van der Waals surface area contributed by atoms with Crippen LogP contribution in [0.25, 0.3) is 0 Å². The summed E-state index contributed by atoms with van der Waals surface area (Å²) < 4.78 is 0. The summed E-state index contributed by atoms with van der Waals surface area (Å²) in [7, 11) is 0. The lowest BCUT2D eigenvalue weighted by Gasteiger charge is -2.35. The first-order chi connectivity index (χ1) is 16.6. The summed E-state index contributed by atoms with van der Waals surface area (Å²) in [5, 5.41) is 0. The van der Waals surface area contributed by atoms with Crippen LogP contribution in [0.3, 0.4) is 0 Å². The van der Waals surface area contributed by atoms with Gasteiger partial charge in [-0.2, -0.15) is 0 Å². The molecule has 0 fully saturated rings. The number of nitrogens with two attached hydrogens (primary N) is 2. The van der Waals surface area contributed by atoms with Crippen LogP contribution in [0.2, 0.25) is 0 Å². The van der Waals surface area contributed by atoms with Gasteiger partial charge < -0.3 is 11.5 Å². The quantitative estimate of drug-likeness (QED) is 0.178. The normalized spacial score (nSPS) is 11.6. The van der Waals surface area contributed by atoms with Gasteiger partial charge in [-0.15, -0.1) is 0 Å². The first-order valence-corrected chi connectivity index (χ1v) is 13.3. The summed E-state index contributed by atoms with van der Waals surface area (Å²) in [6.07, 6.45) is 15.2. The topological polar surface area (TPSA) is 52.0 Å². The van der Waals surface area contributed by atoms with Crippen LogP contribution >= 0.6 is 0 Å². The molecule has 0 bridgehead atoms. The van der Waals surface area contributed by atoms with Crippen molar-refractivity contribution in [3.63, 3.8) is 0 Å². The van der Waals surface area contributed by atoms with E-state index in [9.17, 15) is 0 Å². The molecule has 0 radical (unpaired) electrons. The fraction of sp³-hybridized carbons (Fsp3) is 0.438. The summed E-state index contributed by atoms with van der Waals surface area (Å²) in [6, 6.07) is 28.1. The van der Waals surface area contributed by atoms with Gasteiger partial charge in [-0.05, 0) is 72.1 Å². The van der Waals surface area contributed by atoms with Crippen LogP contribution < -0.4 is 11.5 Å². The maximum absolute atomic E-state index is 6.00. The van der Waals surface area contributed by atoms with Crippen molar-refractivity contribution >= 4 is 11.4 Å². The van der Waals surface area contributed by atoms with Crippen LogP contribution in [0.4, 0.5) is 11.4 Å². The van der Waals surface area contributed by atoms with Gasteiger partial charge in [-0.1, -0.05) is 113 Å². The van der Waals surface area contributed by atoms with Gasteiger partial charge in [-0.3, -0.25) is 0 Å². The molecular weight excluding hydrogens is 412 g/mol. The minimum atomic E-state index is 0.162. The van der Waals surface area contributed by atoms with E-state index in [0.717, 1.165) is 30.6 Å². The largest absolute Gasteiger partial charge is 0.399 e. The van der Waals surface area contributed by atoms with Crippen molar-refractivity contribution in [2.75, 3.05) is 11.5 Å². The van der Waals surface area contributed by atoms with E-state index in [2.05, 4.69) is 61.5 Å². The predicted octanol–water partition coefficient (Wildman–Crippen LogP) is 8.40. The highest BCUT2D eigenvalue weighted by molar-refractivity contribution is 5.41. The molecule has 34 heavy (non-hydrogen) atoms. The van der Waals surface area contributed by atoms with Gasteiger partial charge in [0.15, 0.2) is 0 Å². The summed E-state index contributed by atoms with van der Waals surface area (Å²) >= 11 is 0. The minimum absolute atomic E-state index is 0.162. The monoisotopic (exact) mass is 456 g/mol. The summed E-state index contributed by atoms with van der Waals surface area (Å²) in [4.78, 5) is 0. The molecule has 0 saturated heterocycles. The average Bonchev–Trinajstić information content (AvgIpc) is 2.84. The molecule has 0 amide bonds. The zero-order chi connectivity index (χ0) is 24.1. The van der Waals surface area contributed by atoms with Crippen molar-refractivity contribution in [1.82, 2.24) is 0 Å². The molecule has 0 aliphatic heterocycles. The van der Waals surface area contributed by atoms with Gasteiger partial charge >= 0.3 is 0 Å². The Bertz CT molecular complexity index is 882. The van der Waals surface area contributed by atoms with Crippen molar-refractivity contribution in [2.45, 2.75) is 84.0 Å². The highest BCUT2D eigenvalue weighted by Crippen LogP contribution is 2.38. The number of nitrogen functional groups attached to an aromatic ring is 2. The summed E-state index contributed by atoms with van der Waals surface area (Å²) in [5.74, 6) is 0. The van der Waals surface area contributed by atoms with E-state index in [1.807, 2.05) is 24.3 Å². The number of unbranched alkanes of at least 4 members (excludes halogenated alkanes) is 7. The van der Waals surface area contributed by atoms with Gasteiger partial charge in [0.25, 0.3) is 0 Å². The first kappa shape index (κ1) is 25.9. The Labute approximate surface area is 207 Å². The maximum Gasteiger partial charge on any atom is 0.0314 e. The summed E-state index contributed by atoms with van der Waals surface area (Å²) in [5.41, 5.74) is 18.0. The fourth-order valence-corrected chi connectivity index (χ4v) is 5.25. The first-order valence-electron chi connectivity index (χ1n) is 13.3. The lowest BCUT2D eigenvalue weighted by molar-refractivity contribution is 0.243. The number of anilines is 2. The second-order valence-corrected chi connectivity index (χ2v) is 10.2. The minimum Gasteiger partial charge on any atom is -0.399 e. The number of benzene rings is 3. The molecule has 2 nitrogen and oxygen atoms in total. The van der Waals surface area contributed by atoms with Crippen LogP contribution in [0.5, 0.6) is 0 Å². The third-order valence-corrected chi connectivity index (χ3v) is 7.10. The van der Waals surface area contributed by atoms with E-state index in [1.165, 1.54) is 74.5 Å². The van der Waals surface area contributed by atoms with Crippen molar-refractivity contribution in [2.24, 2.45) is 5.41 Å².